The molecule has 28 heavy (non-hydrogen) atoms. The summed E-state index contributed by atoms with van der Waals surface area (Å²) < 4.78 is 1.79. The lowest BCUT2D eigenvalue weighted by Gasteiger charge is -2.32. The van der Waals surface area contributed by atoms with Crippen LogP contribution in [0.1, 0.15) is 41.4 Å². The fourth-order valence-electron chi connectivity index (χ4n) is 4.03. The van der Waals surface area contributed by atoms with E-state index in [0.717, 1.165) is 50.3 Å². The number of piperidine rings is 1. The molecule has 5 heteroatoms. The first-order valence-electron chi connectivity index (χ1n) is 10.1. The highest BCUT2D eigenvalue weighted by Crippen LogP contribution is 2.24. The molecule has 0 unspecified atom stereocenters. The number of aromatic nitrogens is 3. The number of likely N-dealkylation sites (tertiary alicyclic amines) is 1. The van der Waals surface area contributed by atoms with Crippen molar-refractivity contribution in [2.75, 3.05) is 13.1 Å². The van der Waals surface area contributed by atoms with Crippen LogP contribution in [-0.4, -0.2) is 38.7 Å². The minimum Gasteiger partial charge on any atom is -0.339 e. The average Bonchev–Trinajstić information content (AvgIpc) is 3.19. The molecule has 1 saturated heterocycles. The lowest BCUT2D eigenvalue weighted by molar-refractivity contribution is 0.0689. The van der Waals surface area contributed by atoms with Crippen LogP contribution < -0.4 is 0 Å². The van der Waals surface area contributed by atoms with Crippen LogP contribution in [0.15, 0.2) is 60.9 Å². The van der Waals surface area contributed by atoms with Gasteiger partial charge < -0.3 is 4.90 Å². The normalized spacial score (nSPS) is 15.0. The smallest absolute Gasteiger partial charge is 0.257 e. The number of pyridine rings is 1. The molecule has 3 heterocycles. The van der Waals surface area contributed by atoms with E-state index in [1.54, 1.807) is 17.1 Å². The summed E-state index contributed by atoms with van der Waals surface area (Å²) in [4.78, 5) is 19.5. The van der Waals surface area contributed by atoms with Crippen molar-refractivity contribution in [2.45, 2.75) is 32.6 Å². The summed E-state index contributed by atoms with van der Waals surface area (Å²) in [5.74, 6) is 1.49. The van der Waals surface area contributed by atoms with Crippen molar-refractivity contribution < 1.29 is 4.79 Å². The van der Waals surface area contributed by atoms with Crippen LogP contribution >= 0.6 is 0 Å². The fourth-order valence-corrected chi connectivity index (χ4v) is 4.03. The molecule has 5 nitrogen and oxygen atoms in total. The molecule has 0 radical (unpaired) electrons. The summed E-state index contributed by atoms with van der Waals surface area (Å²) in [6, 6.07) is 16.4. The fraction of sp³-hybridized carbons (Fsp3) is 0.348. The summed E-state index contributed by atoms with van der Waals surface area (Å²) in [5.41, 5.74) is 3.02. The van der Waals surface area contributed by atoms with Crippen molar-refractivity contribution in [3.8, 4) is 5.82 Å². The molecule has 3 aromatic rings. The van der Waals surface area contributed by atoms with Crippen molar-refractivity contribution in [3.05, 3.63) is 77.7 Å². The van der Waals surface area contributed by atoms with Gasteiger partial charge in [-0.2, -0.15) is 5.10 Å². The molecule has 0 aliphatic carbocycles. The molecular weight excluding hydrogens is 348 g/mol. The third-order valence-electron chi connectivity index (χ3n) is 5.57. The van der Waals surface area contributed by atoms with Crippen LogP contribution in [0.4, 0.5) is 0 Å². The Morgan fingerprint density at radius 1 is 1.07 bits per heavy atom. The summed E-state index contributed by atoms with van der Waals surface area (Å²) in [6.07, 6.45) is 7.39. The van der Waals surface area contributed by atoms with Gasteiger partial charge in [-0.3, -0.25) is 4.79 Å². The highest BCUT2D eigenvalue weighted by Gasteiger charge is 2.27. The van der Waals surface area contributed by atoms with Gasteiger partial charge in [0, 0.05) is 19.3 Å². The van der Waals surface area contributed by atoms with Gasteiger partial charge in [0.15, 0.2) is 5.82 Å². The second-order valence-corrected chi connectivity index (χ2v) is 7.38. The van der Waals surface area contributed by atoms with Gasteiger partial charge in [-0.05, 0) is 49.3 Å². The van der Waals surface area contributed by atoms with Crippen molar-refractivity contribution >= 4 is 5.91 Å². The first kappa shape index (κ1) is 18.4. The Labute approximate surface area is 166 Å². The Morgan fingerprint density at radius 3 is 2.50 bits per heavy atom. The number of carbonyl (C=O) groups excluding carboxylic acids is 1. The van der Waals surface area contributed by atoms with Crippen molar-refractivity contribution in [2.24, 2.45) is 5.92 Å². The van der Waals surface area contributed by atoms with Gasteiger partial charge in [0.05, 0.1) is 17.5 Å². The van der Waals surface area contributed by atoms with E-state index in [4.69, 9.17) is 0 Å². The molecular formula is C23H26N4O. The van der Waals surface area contributed by atoms with Gasteiger partial charge >= 0.3 is 0 Å². The summed E-state index contributed by atoms with van der Waals surface area (Å²) >= 11 is 0. The van der Waals surface area contributed by atoms with E-state index >= 15 is 0 Å². The topological polar surface area (TPSA) is 51.0 Å². The molecule has 1 aliphatic heterocycles. The number of nitrogens with zero attached hydrogens (tertiary/aromatic N) is 4. The average molecular weight is 374 g/mol. The Bertz CT molecular complexity index is 912. The van der Waals surface area contributed by atoms with Gasteiger partial charge in [-0.25, -0.2) is 9.67 Å². The van der Waals surface area contributed by atoms with Crippen LogP contribution in [-0.2, 0) is 12.8 Å². The van der Waals surface area contributed by atoms with E-state index in [2.05, 4.69) is 47.3 Å². The van der Waals surface area contributed by atoms with Crippen molar-refractivity contribution in [1.29, 1.82) is 0 Å². The highest BCUT2D eigenvalue weighted by molar-refractivity contribution is 5.95. The maximum absolute atomic E-state index is 13.1. The van der Waals surface area contributed by atoms with E-state index in [9.17, 15) is 4.79 Å². The number of carbonyl (C=O) groups is 1. The zero-order chi connectivity index (χ0) is 19.3. The van der Waals surface area contributed by atoms with Gasteiger partial charge in [0.25, 0.3) is 5.91 Å². The standard InChI is InChI=1S/C23H26N4O/c1-2-21-20(17-25-27(21)22-10-6-7-13-24-22)23(28)26-14-11-19(12-15-26)16-18-8-4-3-5-9-18/h3-10,13,17,19H,2,11-12,14-16H2,1H3. The van der Waals surface area contributed by atoms with Gasteiger partial charge in [0.1, 0.15) is 0 Å². The molecule has 1 fully saturated rings. The highest BCUT2D eigenvalue weighted by atomic mass is 16.2. The Kier molecular flexibility index (Phi) is 5.51. The summed E-state index contributed by atoms with van der Waals surface area (Å²) in [6.45, 7) is 3.68. The second-order valence-electron chi connectivity index (χ2n) is 7.38. The lowest BCUT2D eigenvalue weighted by atomic mass is 9.90. The Hall–Kier alpha value is -2.95. The van der Waals surface area contributed by atoms with Crippen LogP contribution in [0.25, 0.3) is 5.82 Å². The molecule has 0 atom stereocenters. The predicted molar refractivity (Wildman–Crippen MR) is 110 cm³/mol. The Morgan fingerprint density at radius 2 is 1.82 bits per heavy atom. The number of hydrogen-bond acceptors (Lipinski definition) is 3. The van der Waals surface area contributed by atoms with Crippen molar-refractivity contribution in [3.63, 3.8) is 0 Å². The number of amides is 1. The zero-order valence-electron chi connectivity index (χ0n) is 16.3. The maximum Gasteiger partial charge on any atom is 0.257 e. The second kappa shape index (κ2) is 8.38. The monoisotopic (exact) mass is 374 g/mol. The minimum absolute atomic E-state index is 0.0946. The molecule has 0 bridgehead atoms. The third kappa shape index (κ3) is 3.84. The third-order valence-corrected chi connectivity index (χ3v) is 5.57. The Balaban J connectivity index is 1.44. The van der Waals surface area contributed by atoms with E-state index in [0.29, 0.717) is 11.5 Å². The SMILES string of the molecule is CCc1c(C(=O)N2CCC(Cc3ccccc3)CC2)cnn1-c1ccccn1. The molecule has 1 aromatic carbocycles. The first-order valence-corrected chi connectivity index (χ1v) is 10.1. The lowest BCUT2D eigenvalue weighted by Crippen LogP contribution is -2.39. The minimum atomic E-state index is 0.0946. The largest absolute Gasteiger partial charge is 0.339 e. The number of benzene rings is 1. The van der Waals surface area contributed by atoms with Crippen LogP contribution in [0.5, 0.6) is 0 Å². The quantitative estimate of drug-likeness (QED) is 0.680. The maximum atomic E-state index is 13.1. The molecule has 1 aliphatic rings. The van der Waals surface area contributed by atoms with Gasteiger partial charge in [0.2, 0.25) is 0 Å². The van der Waals surface area contributed by atoms with Crippen LogP contribution in [0, 0.1) is 5.92 Å². The van der Waals surface area contributed by atoms with Crippen molar-refractivity contribution in [1.82, 2.24) is 19.7 Å². The summed E-state index contributed by atoms with van der Waals surface area (Å²) in [7, 11) is 0. The first-order chi connectivity index (χ1) is 13.8. The van der Waals surface area contributed by atoms with Crippen LogP contribution in [0.3, 0.4) is 0 Å². The summed E-state index contributed by atoms with van der Waals surface area (Å²) in [5, 5.41) is 4.45. The van der Waals surface area contributed by atoms with Crippen LogP contribution in [0.2, 0.25) is 0 Å². The molecule has 0 spiro atoms. The predicted octanol–water partition coefficient (Wildman–Crippen LogP) is 3.92. The molecule has 2 aromatic heterocycles. The van der Waals surface area contributed by atoms with E-state index < -0.39 is 0 Å². The molecule has 144 valence electrons. The number of rotatable bonds is 5. The zero-order valence-corrected chi connectivity index (χ0v) is 16.3. The van der Waals surface area contributed by atoms with E-state index in [1.165, 1.54) is 5.56 Å². The number of hydrogen-bond donors (Lipinski definition) is 0. The molecule has 0 N–H and O–H groups in total. The van der Waals surface area contributed by atoms with E-state index in [-0.39, 0.29) is 5.91 Å². The van der Waals surface area contributed by atoms with Gasteiger partial charge in [-0.15, -0.1) is 0 Å². The molecule has 1 amide bonds. The molecule has 0 saturated carbocycles. The molecule has 4 rings (SSSR count). The van der Waals surface area contributed by atoms with Gasteiger partial charge in [-0.1, -0.05) is 43.3 Å². The van der Waals surface area contributed by atoms with E-state index in [1.807, 2.05) is 23.1 Å².